The molecule has 5 heteroatoms. The highest BCUT2D eigenvalue weighted by Gasteiger charge is 2.16. The number of aromatic nitrogens is 1. The number of nitrogens with zero attached hydrogens (tertiary/aromatic N) is 2. The summed E-state index contributed by atoms with van der Waals surface area (Å²) < 4.78 is 1.39. The van der Waals surface area contributed by atoms with Crippen molar-refractivity contribution in [1.29, 1.82) is 0 Å². The molecule has 84 valence electrons. The summed E-state index contributed by atoms with van der Waals surface area (Å²) in [7, 11) is 0. The van der Waals surface area contributed by atoms with Crippen molar-refractivity contribution in [3.05, 3.63) is 44.9 Å². The Kier molecular flexibility index (Phi) is 2.85. The van der Waals surface area contributed by atoms with E-state index in [1.54, 1.807) is 6.20 Å². The van der Waals surface area contributed by atoms with Gasteiger partial charge in [0.25, 0.3) is 0 Å². The van der Waals surface area contributed by atoms with Crippen LogP contribution in [0.5, 0.6) is 0 Å². The number of pyridine rings is 1. The van der Waals surface area contributed by atoms with Gasteiger partial charge in [-0.2, -0.15) is 0 Å². The van der Waals surface area contributed by atoms with E-state index in [-0.39, 0.29) is 5.69 Å². The molecular formula is C11H12N2O3. The molecule has 0 fully saturated rings. The van der Waals surface area contributed by atoms with Crippen molar-refractivity contribution in [2.45, 2.75) is 25.7 Å². The minimum atomic E-state index is -0.637. The van der Waals surface area contributed by atoms with Crippen LogP contribution in [0.2, 0.25) is 0 Å². The molecule has 1 aliphatic carbocycles. The first-order valence-electron chi connectivity index (χ1n) is 5.25. The molecule has 5 nitrogen and oxygen atoms in total. The van der Waals surface area contributed by atoms with E-state index >= 15 is 0 Å². The van der Waals surface area contributed by atoms with E-state index in [1.807, 2.05) is 6.08 Å². The Balaban J connectivity index is 2.49. The van der Waals surface area contributed by atoms with E-state index in [1.165, 1.54) is 16.7 Å². The van der Waals surface area contributed by atoms with Gasteiger partial charge in [-0.1, -0.05) is 6.08 Å². The molecular weight excluding hydrogens is 208 g/mol. The number of rotatable bonds is 2. The van der Waals surface area contributed by atoms with E-state index in [9.17, 15) is 14.9 Å². The Morgan fingerprint density at radius 3 is 2.81 bits per heavy atom. The molecule has 0 saturated heterocycles. The van der Waals surface area contributed by atoms with E-state index in [0.717, 1.165) is 31.4 Å². The number of hydrogen-bond donors (Lipinski definition) is 0. The molecule has 0 saturated carbocycles. The van der Waals surface area contributed by atoms with Gasteiger partial charge in [0.15, 0.2) is 0 Å². The maximum Gasteiger partial charge on any atom is 0.334 e. The number of allylic oxidation sites excluding steroid dienone is 2. The maximum absolute atomic E-state index is 11.8. The van der Waals surface area contributed by atoms with Crippen LogP contribution >= 0.6 is 0 Å². The van der Waals surface area contributed by atoms with Crippen LogP contribution in [-0.4, -0.2) is 9.49 Å². The van der Waals surface area contributed by atoms with Crippen molar-refractivity contribution in [2.75, 3.05) is 0 Å². The molecule has 0 bridgehead atoms. The second kappa shape index (κ2) is 4.30. The second-order valence-electron chi connectivity index (χ2n) is 3.77. The molecule has 1 heterocycles. The van der Waals surface area contributed by atoms with Crippen molar-refractivity contribution < 1.29 is 4.92 Å². The van der Waals surface area contributed by atoms with Crippen LogP contribution in [0.15, 0.2) is 29.2 Å². The smallest absolute Gasteiger partial charge is 0.283 e. The lowest BCUT2D eigenvalue weighted by Gasteiger charge is -2.14. The molecule has 0 N–H and O–H groups in total. The summed E-state index contributed by atoms with van der Waals surface area (Å²) in [5, 5.41) is 10.6. The summed E-state index contributed by atoms with van der Waals surface area (Å²) in [6, 6.07) is 2.77. The quantitative estimate of drug-likeness (QED) is 0.566. The summed E-state index contributed by atoms with van der Waals surface area (Å²) in [4.78, 5) is 21.8. The molecule has 0 atom stereocenters. The number of hydrogen-bond acceptors (Lipinski definition) is 3. The average molecular weight is 220 g/mol. The largest absolute Gasteiger partial charge is 0.334 e. The van der Waals surface area contributed by atoms with Crippen molar-refractivity contribution in [2.24, 2.45) is 0 Å². The third-order valence-corrected chi connectivity index (χ3v) is 2.70. The molecule has 0 aromatic carbocycles. The van der Waals surface area contributed by atoms with E-state index in [0.29, 0.717) is 0 Å². The lowest BCUT2D eigenvalue weighted by atomic mass is 10.0. The second-order valence-corrected chi connectivity index (χ2v) is 3.77. The molecule has 1 aromatic heterocycles. The van der Waals surface area contributed by atoms with E-state index < -0.39 is 10.5 Å². The summed E-state index contributed by atoms with van der Waals surface area (Å²) in [5.74, 6) is 0. The Labute approximate surface area is 92.2 Å². The predicted molar refractivity (Wildman–Crippen MR) is 60.1 cm³/mol. The van der Waals surface area contributed by atoms with Gasteiger partial charge in [-0.15, -0.1) is 0 Å². The van der Waals surface area contributed by atoms with Crippen LogP contribution in [-0.2, 0) is 0 Å². The van der Waals surface area contributed by atoms with E-state index in [4.69, 9.17) is 0 Å². The van der Waals surface area contributed by atoms with Gasteiger partial charge in [0, 0.05) is 18.0 Å². The maximum atomic E-state index is 11.8. The van der Waals surface area contributed by atoms with Gasteiger partial charge >= 0.3 is 11.2 Å². The first kappa shape index (κ1) is 10.6. The summed E-state index contributed by atoms with van der Waals surface area (Å²) in [5.41, 5.74) is -0.0328. The normalized spacial score (nSPS) is 15.6. The fourth-order valence-electron chi connectivity index (χ4n) is 1.89. The fourth-order valence-corrected chi connectivity index (χ4v) is 1.89. The van der Waals surface area contributed by atoms with Gasteiger partial charge in [-0.05, 0) is 31.7 Å². The zero-order chi connectivity index (χ0) is 11.5. The van der Waals surface area contributed by atoms with Gasteiger partial charge < -0.3 is 0 Å². The monoisotopic (exact) mass is 220 g/mol. The lowest BCUT2D eigenvalue weighted by molar-refractivity contribution is -0.386. The first-order valence-corrected chi connectivity index (χ1v) is 5.25. The minimum absolute atomic E-state index is 0.367. The summed E-state index contributed by atoms with van der Waals surface area (Å²) >= 11 is 0. The minimum Gasteiger partial charge on any atom is -0.283 e. The highest BCUT2D eigenvalue weighted by Crippen LogP contribution is 2.20. The topological polar surface area (TPSA) is 65.1 Å². The standard InChI is InChI=1S/C11H12N2O3/c14-11-10(13(15)16)7-4-8-12(11)9-5-2-1-3-6-9/h4-5,7-8H,1-3,6H2. The van der Waals surface area contributed by atoms with Gasteiger partial charge in [-0.25, -0.2) is 0 Å². The molecule has 0 spiro atoms. The molecule has 1 aromatic rings. The zero-order valence-corrected chi connectivity index (χ0v) is 8.76. The highest BCUT2D eigenvalue weighted by molar-refractivity contribution is 5.48. The molecule has 0 aliphatic heterocycles. The van der Waals surface area contributed by atoms with Crippen molar-refractivity contribution >= 4 is 11.4 Å². The summed E-state index contributed by atoms with van der Waals surface area (Å²) in [6.07, 6.45) is 7.46. The van der Waals surface area contributed by atoms with Crippen molar-refractivity contribution in [3.8, 4) is 0 Å². The van der Waals surface area contributed by atoms with Crippen LogP contribution in [0.25, 0.3) is 5.70 Å². The Hall–Kier alpha value is -1.91. The van der Waals surface area contributed by atoms with Crippen LogP contribution in [0.3, 0.4) is 0 Å². The number of nitro groups is 1. The SMILES string of the molecule is O=c1c([N+](=O)[O-])cccn1C1=CCCCC1. The Morgan fingerprint density at radius 1 is 1.38 bits per heavy atom. The predicted octanol–water partition coefficient (Wildman–Crippen LogP) is 2.17. The van der Waals surface area contributed by atoms with Crippen LogP contribution in [0.1, 0.15) is 25.7 Å². The molecule has 0 radical (unpaired) electrons. The summed E-state index contributed by atoms with van der Waals surface area (Å²) in [6.45, 7) is 0. The molecule has 0 amide bonds. The molecule has 16 heavy (non-hydrogen) atoms. The third kappa shape index (κ3) is 1.88. The van der Waals surface area contributed by atoms with Gasteiger partial charge in [0.1, 0.15) is 0 Å². The van der Waals surface area contributed by atoms with Gasteiger partial charge in [0.2, 0.25) is 0 Å². The van der Waals surface area contributed by atoms with Crippen LogP contribution in [0.4, 0.5) is 5.69 Å². The zero-order valence-electron chi connectivity index (χ0n) is 8.76. The van der Waals surface area contributed by atoms with Crippen LogP contribution in [0, 0.1) is 10.1 Å². The van der Waals surface area contributed by atoms with Gasteiger partial charge in [0.05, 0.1) is 4.92 Å². The third-order valence-electron chi connectivity index (χ3n) is 2.70. The van der Waals surface area contributed by atoms with Crippen LogP contribution < -0.4 is 5.56 Å². The first-order chi connectivity index (χ1) is 7.70. The molecule has 2 rings (SSSR count). The molecule has 1 aliphatic rings. The highest BCUT2D eigenvalue weighted by atomic mass is 16.6. The van der Waals surface area contributed by atoms with Gasteiger partial charge in [-0.3, -0.25) is 19.5 Å². The van der Waals surface area contributed by atoms with Crippen molar-refractivity contribution in [1.82, 2.24) is 4.57 Å². The van der Waals surface area contributed by atoms with Crippen molar-refractivity contribution in [3.63, 3.8) is 0 Å². The molecule has 0 unspecified atom stereocenters. The lowest BCUT2D eigenvalue weighted by Crippen LogP contribution is -2.21. The Bertz CT molecular complexity index is 502. The average Bonchev–Trinajstić information content (AvgIpc) is 2.30. The van der Waals surface area contributed by atoms with E-state index in [2.05, 4.69) is 0 Å². The Morgan fingerprint density at radius 2 is 2.19 bits per heavy atom. The fraction of sp³-hybridized carbons (Fsp3) is 0.364.